The number of anilines is 2. The Morgan fingerprint density at radius 3 is 2.47 bits per heavy atom. The fraction of sp³-hybridized carbons (Fsp3) is 0.360. The van der Waals surface area contributed by atoms with Gasteiger partial charge >= 0.3 is 6.03 Å². The van der Waals surface area contributed by atoms with Crippen molar-refractivity contribution in [2.45, 2.75) is 32.6 Å². The number of hydrogen-bond donors (Lipinski definition) is 2. The van der Waals surface area contributed by atoms with Crippen molar-refractivity contribution in [3.05, 3.63) is 46.8 Å². The van der Waals surface area contributed by atoms with Crippen LogP contribution in [0.1, 0.15) is 43.9 Å². The van der Waals surface area contributed by atoms with Crippen LogP contribution >= 0.6 is 11.9 Å². The van der Waals surface area contributed by atoms with Crippen LogP contribution in [0.3, 0.4) is 0 Å². The highest BCUT2D eigenvalue weighted by atomic mass is 32.2. The van der Waals surface area contributed by atoms with Crippen molar-refractivity contribution in [3.8, 4) is 11.5 Å². The maximum Gasteiger partial charge on any atom is 0.328 e. The Morgan fingerprint density at radius 2 is 1.88 bits per heavy atom. The van der Waals surface area contributed by atoms with Crippen LogP contribution in [-0.4, -0.2) is 39.0 Å². The first-order valence-electron chi connectivity index (χ1n) is 10.8. The highest BCUT2D eigenvalue weighted by Gasteiger charge is 2.31. The van der Waals surface area contributed by atoms with Gasteiger partial charge in [-0.2, -0.15) is 0 Å². The molecule has 1 heterocycles. The Bertz CT molecular complexity index is 1130. The van der Waals surface area contributed by atoms with Crippen LogP contribution in [-0.2, 0) is 10.2 Å². The van der Waals surface area contributed by atoms with Gasteiger partial charge in [-0.25, -0.2) is 9.18 Å². The van der Waals surface area contributed by atoms with Crippen LogP contribution in [0.2, 0.25) is 0 Å². The number of urea groups is 1. The molecule has 2 N–H and O–H groups in total. The van der Waals surface area contributed by atoms with Gasteiger partial charge in [-0.05, 0) is 35.3 Å². The van der Waals surface area contributed by atoms with Crippen molar-refractivity contribution in [2.75, 3.05) is 36.6 Å². The Balaban J connectivity index is 2.14. The van der Waals surface area contributed by atoms with Crippen molar-refractivity contribution in [1.82, 2.24) is 5.32 Å². The Hall–Kier alpha value is -3.20. The number of imide groups is 1. The largest absolute Gasteiger partial charge is 0.496 e. The van der Waals surface area contributed by atoms with Crippen molar-refractivity contribution < 1.29 is 23.5 Å². The second-order valence-electron chi connectivity index (χ2n) is 8.81. The molecule has 3 rings (SSSR count). The quantitative estimate of drug-likeness (QED) is 0.400. The number of carbonyl (C=O) groups is 2. The van der Waals surface area contributed by atoms with E-state index in [4.69, 9.17) is 9.47 Å². The van der Waals surface area contributed by atoms with E-state index < -0.39 is 17.3 Å². The molecular weight excluding hydrogens is 457 g/mol. The number of nitrogens with one attached hydrogen (secondary N) is 2. The molecule has 182 valence electrons. The first-order valence-corrected chi connectivity index (χ1v) is 12.0. The number of methoxy groups -OCH3 is 2. The number of hydrogen-bond acceptors (Lipinski definition) is 6. The van der Waals surface area contributed by atoms with E-state index in [-0.39, 0.29) is 30.1 Å². The summed E-state index contributed by atoms with van der Waals surface area (Å²) in [6, 6.07) is 6.61. The van der Waals surface area contributed by atoms with Crippen LogP contribution in [0.4, 0.5) is 20.6 Å². The molecule has 0 aliphatic carbocycles. The number of benzene rings is 2. The SMILES string of the molecule is COc1cc(/C=C/c2c(F)c(N3CCC(=O)NC3=O)cc(C(C)(C)C)c2OC)ccc1NSC. The molecule has 0 radical (unpaired) electrons. The molecule has 2 aromatic rings. The molecular formula is C25H30FN3O4S. The summed E-state index contributed by atoms with van der Waals surface area (Å²) in [7, 11) is 3.09. The highest BCUT2D eigenvalue weighted by Crippen LogP contribution is 2.41. The molecule has 7 nitrogen and oxygen atoms in total. The smallest absolute Gasteiger partial charge is 0.328 e. The van der Waals surface area contributed by atoms with Gasteiger partial charge in [-0.3, -0.25) is 15.0 Å². The zero-order chi connectivity index (χ0) is 25.0. The van der Waals surface area contributed by atoms with Gasteiger partial charge in [-0.15, -0.1) is 0 Å². The van der Waals surface area contributed by atoms with E-state index in [1.165, 1.54) is 24.0 Å². The standard InChI is InChI=1S/C25H30FN3O4S/c1-25(2,3)17-14-19(29-12-11-21(30)27-24(29)31)22(26)16(23(17)33-5)9-7-15-8-10-18(28-34-6)20(13-15)32-4/h7-10,13-14,28H,11-12H2,1-6H3,(H,27,30,31)/b9-7+. The van der Waals surface area contributed by atoms with E-state index in [2.05, 4.69) is 10.0 Å². The second kappa shape index (κ2) is 10.4. The maximum atomic E-state index is 15.9. The van der Waals surface area contributed by atoms with E-state index in [1.54, 1.807) is 25.3 Å². The molecule has 1 aliphatic heterocycles. The predicted octanol–water partition coefficient (Wildman–Crippen LogP) is 5.45. The molecule has 0 unspecified atom stereocenters. The first-order chi connectivity index (χ1) is 16.1. The third kappa shape index (κ3) is 5.30. The zero-order valence-corrected chi connectivity index (χ0v) is 21.1. The minimum atomic E-state index is -0.642. The van der Waals surface area contributed by atoms with Gasteiger partial charge in [0, 0.05) is 24.8 Å². The fourth-order valence-electron chi connectivity index (χ4n) is 3.75. The number of ether oxygens (including phenoxy) is 2. The summed E-state index contributed by atoms with van der Waals surface area (Å²) in [6.07, 6.45) is 5.42. The number of carbonyl (C=O) groups excluding carboxylic acids is 2. The average molecular weight is 488 g/mol. The normalized spacial score (nSPS) is 14.4. The summed E-state index contributed by atoms with van der Waals surface area (Å²) in [4.78, 5) is 25.3. The van der Waals surface area contributed by atoms with Crippen LogP contribution in [0.5, 0.6) is 11.5 Å². The molecule has 0 bridgehead atoms. The van der Waals surface area contributed by atoms with E-state index in [0.717, 1.165) is 16.8 Å². The Morgan fingerprint density at radius 1 is 1.15 bits per heavy atom. The molecule has 2 aromatic carbocycles. The average Bonchev–Trinajstić information content (AvgIpc) is 2.78. The van der Waals surface area contributed by atoms with E-state index in [9.17, 15) is 9.59 Å². The summed E-state index contributed by atoms with van der Waals surface area (Å²) in [6.45, 7) is 6.06. The van der Waals surface area contributed by atoms with Crippen molar-refractivity contribution in [1.29, 1.82) is 0 Å². The summed E-state index contributed by atoms with van der Waals surface area (Å²) in [5.74, 6) is 0.0757. The monoisotopic (exact) mass is 487 g/mol. The number of halogens is 1. The predicted molar refractivity (Wildman–Crippen MR) is 136 cm³/mol. The summed E-state index contributed by atoms with van der Waals surface area (Å²) >= 11 is 1.45. The Kier molecular flexibility index (Phi) is 7.76. The lowest BCUT2D eigenvalue weighted by atomic mass is 9.84. The fourth-order valence-corrected chi connectivity index (χ4v) is 4.14. The van der Waals surface area contributed by atoms with E-state index in [1.807, 2.05) is 45.2 Å². The number of nitrogens with zero attached hydrogens (tertiary/aromatic N) is 1. The van der Waals surface area contributed by atoms with Gasteiger partial charge in [0.05, 0.1) is 31.2 Å². The van der Waals surface area contributed by atoms with E-state index >= 15 is 4.39 Å². The molecule has 3 amide bonds. The Labute approximate surface area is 203 Å². The molecule has 0 saturated carbocycles. The number of amides is 3. The minimum Gasteiger partial charge on any atom is -0.496 e. The molecule has 0 spiro atoms. The maximum absolute atomic E-state index is 15.9. The number of rotatable bonds is 7. The third-order valence-electron chi connectivity index (χ3n) is 5.47. The topological polar surface area (TPSA) is 79.9 Å². The van der Waals surface area contributed by atoms with Gasteiger partial charge in [0.15, 0.2) is 5.82 Å². The summed E-state index contributed by atoms with van der Waals surface area (Å²) in [5.41, 5.74) is 2.31. The molecule has 34 heavy (non-hydrogen) atoms. The molecule has 1 fully saturated rings. The zero-order valence-electron chi connectivity index (χ0n) is 20.2. The molecule has 1 saturated heterocycles. The molecule has 9 heteroatoms. The van der Waals surface area contributed by atoms with Gasteiger partial charge in [0.1, 0.15) is 11.5 Å². The summed E-state index contributed by atoms with van der Waals surface area (Å²) < 4.78 is 30.1. The van der Waals surface area contributed by atoms with Gasteiger partial charge < -0.3 is 14.2 Å². The van der Waals surface area contributed by atoms with Gasteiger partial charge in [0.2, 0.25) is 5.91 Å². The second-order valence-corrected chi connectivity index (χ2v) is 9.42. The third-order valence-corrected chi connectivity index (χ3v) is 5.89. The van der Waals surface area contributed by atoms with Crippen LogP contribution < -0.4 is 24.4 Å². The van der Waals surface area contributed by atoms with Crippen molar-refractivity contribution in [2.24, 2.45) is 0 Å². The molecule has 1 aliphatic rings. The lowest BCUT2D eigenvalue weighted by Crippen LogP contribution is -2.50. The highest BCUT2D eigenvalue weighted by molar-refractivity contribution is 7.99. The van der Waals surface area contributed by atoms with Crippen LogP contribution in [0.25, 0.3) is 12.2 Å². The molecule has 0 aromatic heterocycles. The summed E-state index contributed by atoms with van der Waals surface area (Å²) in [5, 5.41) is 2.26. The van der Waals surface area contributed by atoms with Gasteiger partial charge in [0.25, 0.3) is 0 Å². The lowest BCUT2D eigenvalue weighted by molar-refractivity contribution is -0.120. The minimum absolute atomic E-state index is 0.0990. The van der Waals surface area contributed by atoms with E-state index in [0.29, 0.717) is 11.5 Å². The molecule has 0 atom stereocenters. The lowest BCUT2D eigenvalue weighted by Gasteiger charge is -2.31. The van der Waals surface area contributed by atoms with Crippen LogP contribution in [0.15, 0.2) is 24.3 Å². The first kappa shape index (κ1) is 25.4. The van der Waals surface area contributed by atoms with Crippen molar-refractivity contribution in [3.63, 3.8) is 0 Å². The van der Waals surface area contributed by atoms with Crippen molar-refractivity contribution >= 4 is 47.4 Å². The van der Waals surface area contributed by atoms with Gasteiger partial charge in [-0.1, -0.05) is 44.9 Å². The van der Waals surface area contributed by atoms with Crippen LogP contribution in [0, 0.1) is 5.82 Å².